The molecule has 1 aliphatic rings. The number of halogens is 1. The first kappa shape index (κ1) is 32.2. The first-order valence-corrected chi connectivity index (χ1v) is 16.5. The first-order valence-electron chi connectivity index (χ1n) is 14.5. The minimum Gasteiger partial charge on any atom is -0.486 e. The molecule has 1 atom stereocenters. The van der Waals surface area contributed by atoms with Gasteiger partial charge in [0.15, 0.2) is 11.5 Å². The first-order chi connectivity index (χ1) is 20.7. The molecule has 0 radical (unpaired) electrons. The lowest BCUT2D eigenvalue weighted by atomic mass is 10.0. The summed E-state index contributed by atoms with van der Waals surface area (Å²) in [5, 5.41) is 3.47. The summed E-state index contributed by atoms with van der Waals surface area (Å²) in [6, 6.07) is 20.4. The molecule has 43 heavy (non-hydrogen) atoms. The lowest BCUT2D eigenvalue weighted by Gasteiger charge is -2.34. The number of benzene rings is 3. The maximum atomic E-state index is 14.3. The third-order valence-electron chi connectivity index (χ3n) is 7.14. The molecule has 0 aliphatic carbocycles. The number of sulfonamides is 1. The standard InChI is InChI=1S/C32H38ClN3O6S/c1-3-5-16-34-32(38)28(20-24-10-7-6-8-11-24)35(22-25-12-9-13-26(33)19-25)31(37)23-36(43(39,40)4-2)27-14-15-29-30(21-27)42-18-17-41-29/h6-15,19,21,28H,3-5,16-18,20,22-23H2,1-2H3,(H,34,38). The van der Waals surface area contributed by atoms with Crippen LogP contribution in [0.1, 0.15) is 37.8 Å². The zero-order valence-corrected chi connectivity index (χ0v) is 26.1. The van der Waals surface area contributed by atoms with E-state index in [2.05, 4.69) is 5.32 Å². The predicted octanol–water partition coefficient (Wildman–Crippen LogP) is 4.82. The highest BCUT2D eigenvalue weighted by molar-refractivity contribution is 7.92. The van der Waals surface area contributed by atoms with Crippen LogP contribution in [0.4, 0.5) is 5.69 Å². The summed E-state index contributed by atoms with van der Waals surface area (Å²) in [4.78, 5) is 29.4. The monoisotopic (exact) mass is 627 g/mol. The number of nitrogens with one attached hydrogen (secondary N) is 1. The van der Waals surface area contributed by atoms with Gasteiger partial charge in [-0.05, 0) is 48.7 Å². The second kappa shape index (κ2) is 15.1. The van der Waals surface area contributed by atoms with E-state index in [1.807, 2.05) is 43.3 Å². The van der Waals surface area contributed by atoms with Crippen LogP contribution in [0.15, 0.2) is 72.8 Å². The molecule has 11 heteroatoms. The van der Waals surface area contributed by atoms with Gasteiger partial charge >= 0.3 is 0 Å². The number of nitrogens with zero attached hydrogens (tertiary/aromatic N) is 2. The van der Waals surface area contributed by atoms with Crippen LogP contribution in [0.3, 0.4) is 0 Å². The van der Waals surface area contributed by atoms with Crippen LogP contribution in [-0.2, 0) is 32.6 Å². The normalized spacial score (nSPS) is 13.2. The third-order valence-corrected chi connectivity index (χ3v) is 9.11. The van der Waals surface area contributed by atoms with E-state index in [1.54, 1.807) is 36.4 Å². The SMILES string of the molecule is CCCCNC(=O)C(Cc1ccccc1)N(Cc1cccc(Cl)c1)C(=O)CN(c1ccc2c(c1)OCCO2)S(=O)(=O)CC. The second-order valence-corrected chi connectivity index (χ2v) is 12.9. The number of hydrogen-bond acceptors (Lipinski definition) is 6. The minimum absolute atomic E-state index is 0.0548. The Hall–Kier alpha value is -3.76. The Morgan fingerprint density at radius 2 is 1.65 bits per heavy atom. The number of carbonyl (C=O) groups is 2. The lowest BCUT2D eigenvalue weighted by molar-refractivity contribution is -0.140. The van der Waals surface area contributed by atoms with E-state index in [1.165, 1.54) is 11.8 Å². The highest BCUT2D eigenvalue weighted by Crippen LogP contribution is 2.35. The lowest BCUT2D eigenvalue weighted by Crippen LogP contribution is -2.53. The second-order valence-electron chi connectivity index (χ2n) is 10.2. The maximum Gasteiger partial charge on any atom is 0.244 e. The fourth-order valence-electron chi connectivity index (χ4n) is 4.80. The van der Waals surface area contributed by atoms with E-state index in [4.69, 9.17) is 21.1 Å². The van der Waals surface area contributed by atoms with E-state index >= 15 is 0 Å². The van der Waals surface area contributed by atoms with Gasteiger partial charge in [-0.15, -0.1) is 0 Å². The van der Waals surface area contributed by atoms with Crippen molar-refractivity contribution in [3.05, 3.63) is 88.9 Å². The molecule has 3 aromatic carbocycles. The summed E-state index contributed by atoms with van der Waals surface area (Å²) in [5.74, 6) is -0.158. The fourth-order valence-corrected chi connectivity index (χ4v) is 6.07. The van der Waals surface area contributed by atoms with Crippen LogP contribution < -0.4 is 19.1 Å². The molecule has 1 aliphatic heterocycles. The zero-order valence-electron chi connectivity index (χ0n) is 24.5. The molecular weight excluding hydrogens is 590 g/mol. The van der Waals surface area contributed by atoms with Crippen molar-refractivity contribution in [1.29, 1.82) is 0 Å². The predicted molar refractivity (Wildman–Crippen MR) is 168 cm³/mol. The molecule has 4 rings (SSSR count). The van der Waals surface area contributed by atoms with Crippen LogP contribution in [0.5, 0.6) is 11.5 Å². The number of fused-ring (bicyclic) bond motifs is 1. The molecule has 3 aromatic rings. The Bertz CT molecular complexity index is 1500. The Morgan fingerprint density at radius 3 is 2.35 bits per heavy atom. The van der Waals surface area contributed by atoms with E-state index in [0.717, 1.165) is 22.7 Å². The van der Waals surface area contributed by atoms with Gasteiger partial charge in [0, 0.05) is 30.6 Å². The Morgan fingerprint density at radius 1 is 0.930 bits per heavy atom. The molecule has 0 saturated carbocycles. The van der Waals surface area contributed by atoms with Crippen molar-refractivity contribution in [3.63, 3.8) is 0 Å². The molecule has 0 spiro atoms. The Kier molecular flexibility index (Phi) is 11.3. The van der Waals surface area contributed by atoms with Crippen molar-refractivity contribution < 1.29 is 27.5 Å². The van der Waals surface area contributed by atoms with Crippen molar-refractivity contribution in [3.8, 4) is 11.5 Å². The molecule has 230 valence electrons. The van der Waals surface area contributed by atoms with Crippen molar-refractivity contribution in [2.45, 2.75) is 45.7 Å². The van der Waals surface area contributed by atoms with Crippen LogP contribution in [0.2, 0.25) is 5.02 Å². The van der Waals surface area contributed by atoms with Gasteiger partial charge in [0.2, 0.25) is 21.8 Å². The zero-order chi connectivity index (χ0) is 30.8. The van der Waals surface area contributed by atoms with Gasteiger partial charge in [-0.2, -0.15) is 0 Å². The van der Waals surface area contributed by atoms with E-state index < -0.39 is 28.5 Å². The van der Waals surface area contributed by atoms with Gasteiger partial charge in [0.1, 0.15) is 25.8 Å². The minimum atomic E-state index is -3.90. The average molecular weight is 628 g/mol. The molecule has 0 aromatic heterocycles. The summed E-state index contributed by atoms with van der Waals surface area (Å²) in [5.41, 5.74) is 1.85. The Balaban J connectivity index is 1.73. The number of ether oxygens (including phenoxy) is 2. The molecule has 0 bridgehead atoms. The molecule has 0 fully saturated rings. The maximum absolute atomic E-state index is 14.3. The van der Waals surface area contributed by atoms with Crippen molar-refractivity contribution in [2.24, 2.45) is 0 Å². The average Bonchev–Trinajstić information content (AvgIpc) is 3.01. The topological polar surface area (TPSA) is 105 Å². The third kappa shape index (κ3) is 8.64. The molecule has 2 amide bonds. The quantitative estimate of drug-likeness (QED) is 0.257. The van der Waals surface area contributed by atoms with Crippen LogP contribution in [0.25, 0.3) is 0 Å². The van der Waals surface area contributed by atoms with Crippen molar-refractivity contribution in [1.82, 2.24) is 10.2 Å². The van der Waals surface area contributed by atoms with Crippen LogP contribution in [0, 0.1) is 0 Å². The summed E-state index contributed by atoms with van der Waals surface area (Å²) >= 11 is 6.27. The molecular formula is C32H38ClN3O6S. The largest absolute Gasteiger partial charge is 0.486 e. The molecule has 1 unspecified atom stereocenters. The van der Waals surface area contributed by atoms with Crippen LogP contribution in [-0.4, -0.2) is 63.2 Å². The summed E-state index contributed by atoms with van der Waals surface area (Å²) in [6.45, 7) is 4.29. The summed E-state index contributed by atoms with van der Waals surface area (Å²) in [6.07, 6.45) is 1.93. The van der Waals surface area contributed by atoms with E-state index in [0.29, 0.717) is 41.8 Å². The molecule has 9 nitrogen and oxygen atoms in total. The van der Waals surface area contributed by atoms with Gasteiger partial charge in [-0.3, -0.25) is 13.9 Å². The van der Waals surface area contributed by atoms with Gasteiger partial charge in [0.25, 0.3) is 0 Å². The van der Waals surface area contributed by atoms with Gasteiger partial charge < -0.3 is 19.7 Å². The summed E-state index contributed by atoms with van der Waals surface area (Å²) in [7, 11) is -3.90. The smallest absolute Gasteiger partial charge is 0.244 e. The molecule has 1 heterocycles. The van der Waals surface area contributed by atoms with E-state index in [-0.39, 0.29) is 30.3 Å². The number of amides is 2. The van der Waals surface area contributed by atoms with Crippen molar-refractivity contribution >= 4 is 39.1 Å². The molecule has 1 N–H and O–H groups in total. The van der Waals surface area contributed by atoms with Crippen LogP contribution >= 0.6 is 11.6 Å². The van der Waals surface area contributed by atoms with Gasteiger partial charge in [-0.25, -0.2) is 8.42 Å². The number of unbranched alkanes of at least 4 members (excludes halogenated alkanes) is 1. The fraction of sp³-hybridized carbons (Fsp3) is 0.375. The number of hydrogen-bond donors (Lipinski definition) is 1. The number of anilines is 1. The van der Waals surface area contributed by atoms with E-state index in [9.17, 15) is 18.0 Å². The van der Waals surface area contributed by atoms with Gasteiger partial charge in [-0.1, -0.05) is 67.4 Å². The highest BCUT2D eigenvalue weighted by atomic mass is 35.5. The Labute approximate surface area is 258 Å². The van der Waals surface area contributed by atoms with Crippen molar-refractivity contribution in [2.75, 3.05) is 36.4 Å². The number of carbonyl (C=O) groups excluding carboxylic acids is 2. The van der Waals surface area contributed by atoms with Gasteiger partial charge in [0.05, 0.1) is 11.4 Å². The number of rotatable bonds is 14. The molecule has 0 saturated heterocycles. The highest BCUT2D eigenvalue weighted by Gasteiger charge is 2.34. The summed E-state index contributed by atoms with van der Waals surface area (Å²) < 4.78 is 39.1.